The Hall–Kier alpha value is -1.43. The lowest BCUT2D eigenvalue weighted by Crippen LogP contribution is -2.29. The molecule has 0 radical (unpaired) electrons. The quantitative estimate of drug-likeness (QED) is 0.876. The van der Waals surface area contributed by atoms with Crippen LogP contribution in [0.5, 0.6) is 0 Å². The Morgan fingerprint density at radius 1 is 1.38 bits per heavy atom. The van der Waals surface area contributed by atoms with Crippen LogP contribution in [-0.4, -0.2) is 22.0 Å². The zero-order valence-electron chi connectivity index (χ0n) is 12.0. The lowest BCUT2D eigenvalue weighted by Gasteiger charge is -2.14. The van der Waals surface area contributed by atoms with E-state index in [1.165, 1.54) is 24.2 Å². The topological polar surface area (TPSA) is 79.3 Å². The van der Waals surface area contributed by atoms with Gasteiger partial charge in [-0.25, -0.2) is 4.98 Å². The number of aromatic nitrogens is 1. The standard InChI is InChI=1S/C15H20N2O3S/c1-2-8-5-10(11(6-8)14(19)20)13(18)17-15-16-12(7-21-15)9-3-4-9/h7-11H,2-6H2,1H3,(H,19,20)(H,16,17,18)/t8?,10-,11+/m0/s1. The van der Waals surface area contributed by atoms with E-state index in [0.29, 0.717) is 29.8 Å². The first kappa shape index (κ1) is 14.5. The Balaban J connectivity index is 1.66. The molecule has 6 heteroatoms. The summed E-state index contributed by atoms with van der Waals surface area (Å²) in [5, 5.41) is 14.7. The molecule has 1 aromatic rings. The summed E-state index contributed by atoms with van der Waals surface area (Å²) in [6, 6.07) is 0. The highest BCUT2D eigenvalue weighted by molar-refractivity contribution is 7.13. The second kappa shape index (κ2) is 5.75. The van der Waals surface area contributed by atoms with Crippen LogP contribution in [0.2, 0.25) is 0 Å². The molecule has 114 valence electrons. The first-order chi connectivity index (χ1) is 10.1. The van der Waals surface area contributed by atoms with Gasteiger partial charge in [-0.2, -0.15) is 0 Å². The number of carboxylic acid groups (broad SMARTS) is 1. The predicted molar refractivity (Wildman–Crippen MR) is 80.3 cm³/mol. The van der Waals surface area contributed by atoms with E-state index in [2.05, 4.69) is 10.3 Å². The van der Waals surface area contributed by atoms with Gasteiger partial charge < -0.3 is 10.4 Å². The van der Waals surface area contributed by atoms with E-state index in [-0.39, 0.29) is 5.91 Å². The third kappa shape index (κ3) is 3.10. The van der Waals surface area contributed by atoms with Gasteiger partial charge in [0.1, 0.15) is 0 Å². The third-order valence-corrected chi connectivity index (χ3v) is 5.42. The fraction of sp³-hybridized carbons (Fsp3) is 0.667. The molecule has 21 heavy (non-hydrogen) atoms. The van der Waals surface area contributed by atoms with Gasteiger partial charge in [-0.15, -0.1) is 11.3 Å². The maximum Gasteiger partial charge on any atom is 0.307 e. The third-order valence-electron chi connectivity index (χ3n) is 4.64. The number of amides is 1. The van der Waals surface area contributed by atoms with Gasteiger partial charge in [0, 0.05) is 11.3 Å². The molecule has 2 aliphatic carbocycles. The summed E-state index contributed by atoms with van der Waals surface area (Å²) in [5.74, 6) is -1.13. The molecule has 2 N–H and O–H groups in total. The number of hydrogen-bond acceptors (Lipinski definition) is 4. The van der Waals surface area contributed by atoms with E-state index in [4.69, 9.17) is 0 Å². The van der Waals surface area contributed by atoms with Crippen LogP contribution in [-0.2, 0) is 9.59 Å². The molecule has 3 atom stereocenters. The van der Waals surface area contributed by atoms with Crippen molar-refractivity contribution in [3.05, 3.63) is 11.1 Å². The number of carbonyl (C=O) groups is 2. The normalized spacial score (nSPS) is 28.5. The Labute approximate surface area is 127 Å². The van der Waals surface area contributed by atoms with Gasteiger partial charge in [-0.05, 0) is 31.6 Å². The van der Waals surface area contributed by atoms with Crippen LogP contribution in [0.4, 0.5) is 5.13 Å². The van der Waals surface area contributed by atoms with Gasteiger partial charge in [0.25, 0.3) is 0 Å². The van der Waals surface area contributed by atoms with Gasteiger partial charge >= 0.3 is 5.97 Å². The Kier molecular flexibility index (Phi) is 3.97. The Morgan fingerprint density at radius 2 is 2.10 bits per heavy atom. The van der Waals surface area contributed by atoms with Gasteiger partial charge in [-0.1, -0.05) is 13.3 Å². The molecule has 0 aliphatic heterocycles. The van der Waals surface area contributed by atoms with Crippen LogP contribution in [0, 0.1) is 17.8 Å². The molecule has 2 fully saturated rings. The number of rotatable bonds is 5. The summed E-state index contributed by atoms with van der Waals surface area (Å²) in [7, 11) is 0. The second-order valence-electron chi connectivity index (χ2n) is 6.14. The van der Waals surface area contributed by atoms with E-state index in [0.717, 1.165) is 12.1 Å². The van der Waals surface area contributed by atoms with Crippen LogP contribution in [0.1, 0.15) is 50.6 Å². The molecule has 1 aromatic heterocycles. The molecule has 0 bridgehead atoms. The van der Waals surface area contributed by atoms with Gasteiger partial charge in [0.2, 0.25) is 5.91 Å². The van der Waals surface area contributed by atoms with Crippen molar-refractivity contribution >= 4 is 28.3 Å². The fourth-order valence-corrected chi connectivity index (χ4v) is 3.94. The number of carbonyl (C=O) groups excluding carboxylic acids is 1. The van der Waals surface area contributed by atoms with Crippen molar-refractivity contribution < 1.29 is 14.7 Å². The van der Waals surface area contributed by atoms with E-state index < -0.39 is 17.8 Å². The van der Waals surface area contributed by atoms with Gasteiger partial charge in [0.15, 0.2) is 5.13 Å². The zero-order chi connectivity index (χ0) is 15.0. The van der Waals surface area contributed by atoms with Crippen molar-refractivity contribution in [2.45, 2.75) is 44.9 Å². The molecule has 1 unspecified atom stereocenters. The van der Waals surface area contributed by atoms with Crippen molar-refractivity contribution in [3.8, 4) is 0 Å². The number of nitrogens with zero attached hydrogens (tertiary/aromatic N) is 1. The smallest absolute Gasteiger partial charge is 0.307 e. The molecule has 2 saturated carbocycles. The van der Waals surface area contributed by atoms with Gasteiger partial charge in [0.05, 0.1) is 17.5 Å². The molecule has 0 saturated heterocycles. The number of anilines is 1. The van der Waals surface area contributed by atoms with E-state index in [1.807, 2.05) is 12.3 Å². The molecule has 0 aromatic carbocycles. The summed E-state index contributed by atoms with van der Waals surface area (Å²) in [5.41, 5.74) is 1.06. The van der Waals surface area contributed by atoms with Crippen molar-refractivity contribution in [2.75, 3.05) is 5.32 Å². The highest BCUT2D eigenvalue weighted by Crippen LogP contribution is 2.42. The van der Waals surface area contributed by atoms with Crippen molar-refractivity contribution in [2.24, 2.45) is 17.8 Å². The molecular weight excluding hydrogens is 288 g/mol. The van der Waals surface area contributed by atoms with Crippen molar-refractivity contribution in [3.63, 3.8) is 0 Å². The van der Waals surface area contributed by atoms with Crippen molar-refractivity contribution in [1.82, 2.24) is 4.98 Å². The molecular formula is C15H20N2O3S. The maximum atomic E-state index is 12.4. The van der Waals surface area contributed by atoms with Crippen LogP contribution in [0.25, 0.3) is 0 Å². The number of thiazole rings is 1. The average molecular weight is 308 g/mol. The lowest BCUT2D eigenvalue weighted by molar-refractivity contribution is -0.145. The minimum absolute atomic E-state index is 0.185. The summed E-state index contributed by atoms with van der Waals surface area (Å²) in [4.78, 5) is 28.1. The van der Waals surface area contributed by atoms with Crippen LogP contribution in [0.15, 0.2) is 5.38 Å². The predicted octanol–water partition coefficient (Wildman–Crippen LogP) is 3.10. The molecule has 3 rings (SSSR count). The molecule has 0 spiro atoms. The SMILES string of the molecule is CCC1C[C@H](C(=O)Nc2nc(C3CC3)cs2)[C@H](C(=O)O)C1. The summed E-state index contributed by atoms with van der Waals surface area (Å²) in [6.07, 6.45) is 4.56. The number of carboxylic acids is 1. The number of hydrogen-bond donors (Lipinski definition) is 2. The highest BCUT2D eigenvalue weighted by atomic mass is 32.1. The second-order valence-corrected chi connectivity index (χ2v) is 7.00. The van der Waals surface area contributed by atoms with E-state index in [9.17, 15) is 14.7 Å². The average Bonchev–Trinajstić information content (AvgIpc) is 3.03. The van der Waals surface area contributed by atoms with E-state index >= 15 is 0 Å². The minimum Gasteiger partial charge on any atom is -0.481 e. The number of nitrogens with one attached hydrogen (secondary N) is 1. The first-order valence-electron chi connectivity index (χ1n) is 7.57. The molecule has 5 nitrogen and oxygen atoms in total. The maximum absolute atomic E-state index is 12.4. The molecule has 1 amide bonds. The van der Waals surface area contributed by atoms with Gasteiger partial charge in [-0.3, -0.25) is 9.59 Å². The summed E-state index contributed by atoms with van der Waals surface area (Å²) >= 11 is 1.43. The molecule has 1 heterocycles. The first-order valence-corrected chi connectivity index (χ1v) is 8.45. The summed E-state index contributed by atoms with van der Waals surface area (Å²) < 4.78 is 0. The zero-order valence-corrected chi connectivity index (χ0v) is 12.9. The largest absolute Gasteiger partial charge is 0.481 e. The molecule has 2 aliphatic rings. The lowest BCUT2D eigenvalue weighted by atomic mass is 9.95. The Morgan fingerprint density at radius 3 is 2.71 bits per heavy atom. The van der Waals surface area contributed by atoms with Crippen LogP contribution < -0.4 is 5.32 Å². The summed E-state index contributed by atoms with van der Waals surface area (Å²) in [6.45, 7) is 2.05. The number of aliphatic carboxylic acids is 1. The van der Waals surface area contributed by atoms with E-state index in [1.54, 1.807) is 0 Å². The monoisotopic (exact) mass is 308 g/mol. The Bertz CT molecular complexity index is 553. The van der Waals surface area contributed by atoms with Crippen molar-refractivity contribution in [1.29, 1.82) is 0 Å². The van der Waals surface area contributed by atoms with Crippen LogP contribution >= 0.6 is 11.3 Å². The van der Waals surface area contributed by atoms with Crippen LogP contribution in [0.3, 0.4) is 0 Å². The minimum atomic E-state index is -0.857. The fourth-order valence-electron chi connectivity index (χ4n) is 3.15. The highest BCUT2D eigenvalue weighted by Gasteiger charge is 2.42.